The summed E-state index contributed by atoms with van der Waals surface area (Å²) in [7, 11) is 0. The molecule has 0 saturated carbocycles. The van der Waals surface area contributed by atoms with Crippen LogP contribution in [0.25, 0.3) is 0 Å². The zero-order valence-electron chi connectivity index (χ0n) is 8.79. The Balaban J connectivity index is 2.02. The van der Waals surface area contributed by atoms with Crippen LogP contribution in [0.5, 0.6) is 5.75 Å². The molecule has 0 aliphatic heterocycles. The Morgan fingerprint density at radius 3 is 2.29 bits per heavy atom. The van der Waals surface area contributed by atoms with Gasteiger partial charge in [-0.25, -0.2) is 8.78 Å². The van der Waals surface area contributed by atoms with Gasteiger partial charge in [-0.05, 0) is 29.8 Å². The van der Waals surface area contributed by atoms with Crippen molar-refractivity contribution in [3.05, 3.63) is 64.1 Å². The van der Waals surface area contributed by atoms with E-state index < -0.39 is 11.6 Å². The van der Waals surface area contributed by atoms with Crippen LogP contribution in [-0.2, 0) is 6.61 Å². The molecule has 88 valence electrons. The largest absolute Gasteiger partial charge is 0.489 e. The summed E-state index contributed by atoms with van der Waals surface area (Å²) in [6.45, 7) is 0.318. The third-order valence-corrected chi connectivity index (χ3v) is 2.74. The molecule has 0 radical (unpaired) electrons. The maximum atomic E-state index is 12.9. The predicted octanol–water partition coefficient (Wildman–Crippen LogP) is 4.31. The Hall–Kier alpha value is -1.42. The summed E-state index contributed by atoms with van der Waals surface area (Å²) >= 11 is 3.33. The third kappa shape index (κ3) is 3.27. The highest BCUT2D eigenvalue weighted by atomic mass is 79.9. The van der Waals surface area contributed by atoms with Crippen molar-refractivity contribution in [1.29, 1.82) is 0 Å². The van der Waals surface area contributed by atoms with E-state index in [1.165, 1.54) is 6.07 Å². The standard InChI is InChI=1S/C13H9BrF2O/c14-10-3-1-9(2-4-10)8-17-11-5-6-12(15)13(16)7-11/h1-7H,8H2. The fourth-order valence-electron chi connectivity index (χ4n) is 1.31. The smallest absolute Gasteiger partial charge is 0.162 e. The molecule has 0 atom stereocenters. The van der Waals surface area contributed by atoms with Gasteiger partial charge in [-0.3, -0.25) is 0 Å². The second-order valence-electron chi connectivity index (χ2n) is 3.49. The lowest BCUT2D eigenvalue weighted by Gasteiger charge is -2.06. The number of rotatable bonds is 3. The van der Waals surface area contributed by atoms with Crippen molar-refractivity contribution in [2.24, 2.45) is 0 Å². The van der Waals surface area contributed by atoms with Crippen molar-refractivity contribution >= 4 is 15.9 Å². The van der Waals surface area contributed by atoms with Gasteiger partial charge in [0, 0.05) is 10.5 Å². The van der Waals surface area contributed by atoms with Crippen LogP contribution < -0.4 is 4.74 Å². The molecule has 0 aliphatic rings. The maximum absolute atomic E-state index is 12.9. The van der Waals surface area contributed by atoms with Gasteiger partial charge in [0.2, 0.25) is 0 Å². The molecule has 0 unspecified atom stereocenters. The number of hydrogen-bond donors (Lipinski definition) is 0. The van der Waals surface area contributed by atoms with E-state index in [-0.39, 0.29) is 0 Å². The fraction of sp³-hybridized carbons (Fsp3) is 0.0769. The molecule has 2 aromatic carbocycles. The molecular weight excluding hydrogens is 290 g/mol. The van der Waals surface area contributed by atoms with Crippen molar-refractivity contribution in [2.75, 3.05) is 0 Å². The quantitative estimate of drug-likeness (QED) is 0.820. The number of benzene rings is 2. The van der Waals surface area contributed by atoms with E-state index >= 15 is 0 Å². The molecule has 0 aliphatic carbocycles. The minimum Gasteiger partial charge on any atom is -0.489 e. The summed E-state index contributed by atoms with van der Waals surface area (Å²) in [5, 5.41) is 0. The highest BCUT2D eigenvalue weighted by Crippen LogP contribution is 2.17. The molecule has 0 aromatic heterocycles. The van der Waals surface area contributed by atoms with E-state index in [2.05, 4.69) is 15.9 Å². The van der Waals surface area contributed by atoms with E-state index in [0.717, 1.165) is 22.2 Å². The van der Waals surface area contributed by atoms with Crippen LogP contribution >= 0.6 is 15.9 Å². The molecule has 2 aromatic rings. The van der Waals surface area contributed by atoms with Crippen molar-refractivity contribution < 1.29 is 13.5 Å². The first-order valence-electron chi connectivity index (χ1n) is 4.97. The zero-order valence-corrected chi connectivity index (χ0v) is 10.4. The van der Waals surface area contributed by atoms with Crippen LogP contribution in [0.3, 0.4) is 0 Å². The van der Waals surface area contributed by atoms with E-state index in [9.17, 15) is 8.78 Å². The number of ether oxygens (including phenoxy) is 1. The van der Waals surface area contributed by atoms with Crippen LogP contribution in [0.4, 0.5) is 8.78 Å². The van der Waals surface area contributed by atoms with Crippen molar-refractivity contribution in [1.82, 2.24) is 0 Å². The zero-order chi connectivity index (χ0) is 12.3. The minimum absolute atomic E-state index is 0.312. The van der Waals surface area contributed by atoms with Crippen LogP contribution in [0.15, 0.2) is 46.9 Å². The SMILES string of the molecule is Fc1ccc(OCc2ccc(Br)cc2)cc1F. The summed E-state index contributed by atoms with van der Waals surface area (Å²) in [6.07, 6.45) is 0. The summed E-state index contributed by atoms with van der Waals surface area (Å²) in [4.78, 5) is 0. The first kappa shape index (κ1) is 12.0. The highest BCUT2D eigenvalue weighted by Gasteiger charge is 2.03. The molecule has 1 nitrogen and oxygen atoms in total. The summed E-state index contributed by atoms with van der Waals surface area (Å²) in [5.41, 5.74) is 0.956. The predicted molar refractivity (Wildman–Crippen MR) is 64.8 cm³/mol. The van der Waals surface area contributed by atoms with E-state index in [1.54, 1.807) is 0 Å². The van der Waals surface area contributed by atoms with E-state index in [1.807, 2.05) is 24.3 Å². The van der Waals surface area contributed by atoms with E-state index in [4.69, 9.17) is 4.74 Å². The molecule has 17 heavy (non-hydrogen) atoms. The molecule has 2 rings (SSSR count). The van der Waals surface area contributed by atoms with Crippen molar-refractivity contribution in [3.8, 4) is 5.75 Å². The van der Waals surface area contributed by atoms with Crippen LogP contribution in [0.1, 0.15) is 5.56 Å². The summed E-state index contributed by atoms with van der Waals surface area (Å²) < 4.78 is 31.9. The normalized spacial score (nSPS) is 10.3. The van der Waals surface area contributed by atoms with Gasteiger partial charge in [-0.1, -0.05) is 28.1 Å². The molecule has 0 amide bonds. The van der Waals surface area contributed by atoms with Gasteiger partial charge in [-0.15, -0.1) is 0 Å². The average Bonchev–Trinajstić information content (AvgIpc) is 2.33. The van der Waals surface area contributed by atoms with Crippen molar-refractivity contribution in [3.63, 3.8) is 0 Å². The van der Waals surface area contributed by atoms with Crippen LogP contribution in [-0.4, -0.2) is 0 Å². The third-order valence-electron chi connectivity index (χ3n) is 2.21. The van der Waals surface area contributed by atoms with Crippen molar-refractivity contribution in [2.45, 2.75) is 6.61 Å². The summed E-state index contributed by atoms with van der Waals surface area (Å²) in [5.74, 6) is -1.47. The number of hydrogen-bond acceptors (Lipinski definition) is 1. The lowest BCUT2D eigenvalue weighted by atomic mass is 10.2. The molecule has 0 saturated heterocycles. The Labute approximate surface area is 106 Å². The van der Waals surface area contributed by atoms with Gasteiger partial charge in [-0.2, -0.15) is 0 Å². The second kappa shape index (κ2) is 5.27. The molecule has 0 bridgehead atoms. The van der Waals surface area contributed by atoms with Crippen LogP contribution in [0.2, 0.25) is 0 Å². The Bertz CT molecular complexity index is 511. The first-order valence-corrected chi connectivity index (χ1v) is 5.77. The Kier molecular flexibility index (Phi) is 3.74. The fourth-order valence-corrected chi connectivity index (χ4v) is 1.58. The molecule has 0 fully saturated rings. The molecular formula is C13H9BrF2O. The summed E-state index contributed by atoms with van der Waals surface area (Å²) in [6, 6.07) is 11.1. The molecule has 0 spiro atoms. The van der Waals surface area contributed by atoms with Gasteiger partial charge in [0.1, 0.15) is 12.4 Å². The maximum Gasteiger partial charge on any atom is 0.162 e. The van der Waals surface area contributed by atoms with Crippen LogP contribution in [0, 0.1) is 11.6 Å². The van der Waals surface area contributed by atoms with E-state index in [0.29, 0.717) is 12.4 Å². The lowest BCUT2D eigenvalue weighted by Crippen LogP contribution is -1.96. The van der Waals surface area contributed by atoms with Gasteiger partial charge >= 0.3 is 0 Å². The second-order valence-corrected chi connectivity index (χ2v) is 4.41. The van der Waals surface area contributed by atoms with Gasteiger partial charge in [0.05, 0.1) is 0 Å². The molecule has 4 heteroatoms. The number of halogens is 3. The minimum atomic E-state index is -0.904. The van der Waals surface area contributed by atoms with Gasteiger partial charge < -0.3 is 4.74 Å². The highest BCUT2D eigenvalue weighted by molar-refractivity contribution is 9.10. The topological polar surface area (TPSA) is 9.23 Å². The first-order chi connectivity index (χ1) is 8.15. The molecule has 0 heterocycles. The Morgan fingerprint density at radius 2 is 1.65 bits per heavy atom. The van der Waals surface area contributed by atoms with Gasteiger partial charge in [0.25, 0.3) is 0 Å². The molecule has 0 N–H and O–H groups in total. The lowest BCUT2D eigenvalue weighted by molar-refractivity contribution is 0.303. The Morgan fingerprint density at radius 1 is 0.941 bits per heavy atom. The average molecular weight is 299 g/mol. The monoisotopic (exact) mass is 298 g/mol. The van der Waals surface area contributed by atoms with Gasteiger partial charge in [0.15, 0.2) is 11.6 Å².